The lowest BCUT2D eigenvalue weighted by molar-refractivity contribution is -0.123. The van der Waals surface area contributed by atoms with Crippen molar-refractivity contribution in [2.24, 2.45) is 4.99 Å². The molecule has 0 saturated heterocycles. The SMILES string of the molecule is O=C(COC(=O)c1ccccc1CSC1=NCCS1)NC(=O)NCc1ccco1. The lowest BCUT2D eigenvalue weighted by Gasteiger charge is -2.10. The quantitative estimate of drug-likeness (QED) is 0.646. The molecule has 2 N–H and O–H groups in total. The normalized spacial score (nSPS) is 12.9. The Kier molecular flexibility index (Phi) is 7.77. The van der Waals surface area contributed by atoms with Crippen molar-refractivity contribution in [3.8, 4) is 0 Å². The third-order valence-electron chi connectivity index (χ3n) is 3.74. The van der Waals surface area contributed by atoms with Gasteiger partial charge in [-0.3, -0.25) is 15.1 Å². The molecular weight excluding hydrogens is 414 g/mol. The Bertz CT molecular complexity index is 899. The van der Waals surface area contributed by atoms with Crippen LogP contribution < -0.4 is 10.6 Å². The molecule has 0 radical (unpaired) electrons. The molecule has 10 heteroatoms. The standard InChI is InChI=1S/C19H19N3O5S2/c23-16(22-18(25)21-10-14-5-3-8-26-14)11-27-17(24)15-6-2-1-4-13(15)12-29-19-20-7-9-28-19/h1-6,8H,7,9-12H2,(H2,21,22,23,25). The van der Waals surface area contributed by atoms with E-state index in [4.69, 9.17) is 9.15 Å². The van der Waals surface area contributed by atoms with Crippen molar-refractivity contribution >= 4 is 45.8 Å². The molecule has 3 amide bonds. The van der Waals surface area contributed by atoms with Crippen LogP contribution in [0.5, 0.6) is 0 Å². The highest BCUT2D eigenvalue weighted by Crippen LogP contribution is 2.26. The Morgan fingerprint density at radius 3 is 2.83 bits per heavy atom. The monoisotopic (exact) mass is 433 g/mol. The van der Waals surface area contributed by atoms with E-state index in [-0.39, 0.29) is 6.54 Å². The second kappa shape index (κ2) is 10.7. The Balaban J connectivity index is 1.44. The van der Waals surface area contributed by atoms with Gasteiger partial charge in [0, 0.05) is 11.5 Å². The van der Waals surface area contributed by atoms with E-state index < -0.39 is 24.5 Å². The lowest BCUT2D eigenvalue weighted by atomic mass is 10.1. The van der Waals surface area contributed by atoms with Crippen molar-refractivity contribution < 1.29 is 23.5 Å². The summed E-state index contributed by atoms with van der Waals surface area (Å²) in [7, 11) is 0. The molecule has 2 heterocycles. The Morgan fingerprint density at radius 2 is 2.07 bits per heavy atom. The summed E-state index contributed by atoms with van der Waals surface area (Å²) in [5, 5.41) is 4.56. The maximum Gasteiger partial charge on any atom is 0.338 e. The number of carbonyl (C=O) groups excluding carboxylic acids is 3. The number of amides is 3. The fourth-order valence-electron chi connectivity index (χ4n) is 2.38. The van der Waals surface area contributed by atoms with Crippen LogP contribution in [0.15, 0.2) is 52.1 Å². The molecule has 3 rings (SSSR count). The van der Waals surface area contributed by atoms with Gasteiger partial charge >= 0.3 is 12.0 Å². The van der Waals surface area contributed by atoms with Crippen LogP contribution in [0, 0.1) is 0 Å². The molecule has 8 nitrogen and oxygen atoms in total. The van der Waals surface area contributed by atoms with E-state index in [1.165, 1.54) is 6.26 Å². The van der Waals surface area contributed by atoms with Gasteiger partial charge in [0.1, 0.15) is 10.1 Å². The van der Waals surface area contributed by atoms with Gasteiger partial charge in [-0.1, -0.05) is 41.7 Å². The van der Waals surface area contributed by atoms with Crippen LogP contribution in [0.4, 0.5) is 4.79 Å². The molecule has 1 aliphatic rings. The molecule has 1 aliphatic heterocycles. The summed E-state index contributed by atoms with van der Waals surface area (Å²) in [4.78, 5) is 40.3. The number of rotatable bonds is 7. The molecule has 1 aromatic carbocycles. The smallest absolute Gasteiger partial charge is 0.338 e. The number of hydrogen-bond acceptors (Lipinski definition) is 8. The number of benzene rings is 1. The zero-order valence-electron chi connectivity index (χ0n) is 15.4. The fraction of sp³-hybridized carbons (Fsp3) is 0.263. The number of hydrogen-bond donors (Lipinski definition) is 2. The first-order valence-electron chi connectivity index (χ1n) is 8.77. The van der Waals surface area contributed by atoms with Crippen LogP contribution in [0.1, 0.15) is 21.7 Å². The fourth-order valence-corrected chi connectivity index (χ4v) is 4.40. The van der Waals surface area contributed by atoms with Gasteiger partial charge in [0.15, 0.2) is 6.61 Å². The maximum atomic E-state index is 12.4. The highest BCUT2D eigenvalue weighted by molar-refractivity contribution is 8.38. The maximum absolute atomic E-state index is 12.4. The van der Waals surface area contributed by atoms with Crippen molar-refractivity contribution in [2.45, 2.75) is 12.3 Å². The van der Waals surface area contributed by atoms with Crippen molar-refractivity contribution in [1.82, 2.24) is 10.6 Å². The molecule has 0 atom stereocenters. The van der Waals surface area contributed by atoms with E-state index in [9.17, 15) is 14.4 Å². The van der Waals surface area contributed by atoms with Crippen LogP contribution in [-0.4, -0.2) is 41.2 Å². The van der Waals surface area contributed by atoms with Crippen LogP contribution >= 0.6 is 23.5 Å². The summed E-state index contributed by atoms with van der Waals surface area (Å²) < 4.78 is 11.1. The average Bonchev–Trinajstić information content (AvgIpc) is 3.43. The minimum absolute atomic E-state index is 0.139. The molecule has 0 saturated carbocycles. The van der Waals surface area contributed by atoms with Crippen LogP contribution in [0.2, 0.25) is 0 Å². The first kappa shape index (κ1) is 21.0. The van der Waals surface area contributed by atoms with Gasteiger partial charge in [0.05, 0.1) is 24.9 Å². The number of thioether (sulfide) groups is 2. The highest BCUT2D eigenvalue weighted by Gasteiger charge is 2.17. The molecule has 0 spiro atoms. The minimum atomic E-state index is -0.723. The lowest BCUT2D eigenvalue weighted by Crippen LogP contribution is -2.41. The number of carbonyl (C=O) groups is 3. The number of imide groups is 1. The van der Waals surface area contributed by atoms with Gasteiger partial charge in [-0.05, 0) is 23.8 Å². The largest absolute Gasteiger partial charge is 0.467 e. The number of esters is 1. The summed E-state index contributed by atoms with van der Waals surface area (Å²) >= 11 is 3.27. The van der Waals surface area contributed by atoms with E-state index in [1.54, 1.807) is 47.8 Å². The Hall–Kier alpha value is -2.72. The summed E-state index contributed by atoms with van der Waals surface area (Å²) in [6.45, 7) is 0.401. The van der Waals surface area contributed by atoms with Gasteiger partial charge in [0.25, 0.3) is 5.91 Å². The van der Waals surface area contributed by atoms with Gasteiger partial charge in [-0.15, -0.1) is 0 Å². The van der Waals surface area contributed by atoms with Crippen molar-refractivity contribution in [3.63, 3.8) is 0 Å². The van der Waals surface area contributed by atoms with Crippen molar-refractivity contribution in [2.75, 3.05) is 18.9 Å². The van der Waals surface area contributed by atoms with Crippen LogP contribution in [-0.2, 0) is 21.8 Å². The Morgan fingerprint density at radius 1 is 1.21 bits per heavy atom. The summed E-state index contributed by atoms with van der Waals surface area (Å²) in [6, 6.07) is 9.74. The number of aliphatic imine (C=N–C) groups is 1. The van der Waals surface area contributed by atoms with Crippen LogP contribution in [0.3, 0.4) is 0 Å². The molecule has 1 aromatic heterocycles. The van der Waals surface area contributed by atoms with Crippen molar-refractivity contribution in [3.05, 3.63) is 59.5 Å². The van der Waals surface area contributed by atoms with Crippen molar-refractivity contribution in [1.29, 1.82) is 0 Å². The predicted molar refractivity (Wildman–Crippen MR) is 112 cm³/mol. The van der Waals surface area contributed by atoms with Gasteiger partial charge in [-0.2, -0.15) is 0 Å². The van der Waals surface area contributed by atoms with Crippen LogP contribution in [0.25, 0.3) is 0 Å². The molecule has 0 aliphatic carbocycles. The summed E-state index contributed by atoms with van der Waals surface area (Å²) in [5.41, 5.74) is 1.19. The third-order valence-corrected chi connectivity index (χ3v) is 6.04. The first-order chi connectivity index (χ1) is 14.1. The topological polar surface area (TPSA) is 110 Å². The number of nitrogens with zero attached hydrogens (tertiary/aromatic N) is 1. The number of ether oxygens (including phenoxy) is 1. The minimum Gasteiger partial charge on any atom is -0.467 e. The molecule has 0 fully saturated rings. The van der Waals surface area contributed by atoms with Gasteiger partial charge < -0.3 is 14.5 Å². The van der Waals surface area contributed by atoms with E-state index in [1.807, 2.05) is 12.1 Å². The number of nitrogens with one attached hydrogen (secondary N) is 2. The molecule has 2 aromatic rings. The zero-order valence-corrected chi connectivity index (χ0v) is 17.0. The van der Waals surface area contributed by atoms with E-state index in [0.29, 0.717) is 17.1 Å². The van der Waals surface area contributed by atoms with Gasteiger partial charge in [0.2, 0.25) is 0 Å². The molecular formula is C19H19N3O5S2. The summed E-state index contributed by atoms with van der Waals surface area (Å²) in [6.07, 6.45) is 1.48. The third kappa shape index (κ3) is 6.68. The predicted octanol–water partition coefficient (Wildman–Crippen LogP) is 2.80. The molecule has 0 unspecified atom stereocenters. The molecule has 0 bridgehead atoms. The van der Waals surface area contributed by atoms with Gasteiger partial charge in [-0.25, -0.2) is 9.59 Å². The second-order valence-electron chi connectivity index (χ2n) is 5.83. The first-order valence-corrected chi connectivity index (χ1v) is 10.7. The molecule has 152 valence electrons. The van der Waals surface area contributed by atoms with E-state index in [0.717, 1.165) is 22.2 Å². The second-order valence-corrected chi connectivity index (χ2v) is 8.13. The van der Waals surface area contributed by atoms with E-state index in [2.05, 4.69) is 15.6 Å². The molecule has 29 heavy (non-hydrogen) atoms. The number of furan rings is 1. The Labute approximate surface area is 175 Å². The zero-order chi connectivity index (χ0) is 20.5. The van der Waals surface area contributed by atoms with E-state index >= 15 is 0 Å². The summed E-state index contributed by atoms with van der Waals surface area (Å²) in [5.74, 6) is 0.775. The average molecular weight is 434 g/mol. The highest BCUT2D eigenvalue weighted by atomic mass is 32.2. The number of urea groups is 1.